The first-order valence-corrected chi connectivity index (χ1v) is 6.71. The molecule has 20 heavy (non-hydrogen) atoms. The van der Waals surface area contributed by atoms with E-state index in [0.29, 0.717) is 12.2 Å². The van der Waals surface area contributed by atoms with Crippen molar-refractivity contribution in [3.8, 4) is 0 Å². The van der Waals surface area contributed by atoms with Gasteiger partial charge in [-0.2, -0.15) is 10.2 Å². The van der Waals surface area contributed by atoms with Crippen LogP contribution >= 0.6 is 0 Å². The van der Waals surface area contributed by atoms with Crippen LogP contribution in [0.2, 0.25) is 0 Å². The maximum Gasteiger partial charge on any atom is 0.272 e. The van der Waals surface area contributed by atoms with Crippen LogP contribution in [0.25, 0.3) is 0 Å². The third-order valence-corrected chi connectivity index (χ3v) is 3.35. The quantitative estimate of drug-likeness (QED) is 0.850. The largest absolute Gasteiger partial charge is 0.336 e. The number of rotatable bonds is 4. The molecule has 0 bridgehead atoms. The molecule has 0 saturated heterocycles. The van der Waals surface area contributed by atoms with Crippen LogP contribution in [-0.2, 0) is 20.1 Å². The fourth-order valence-electron chi connectivity index (χ4n) is 2.21. The normalized spacial score (nSPS) is 10.8. The minimum atomic E-state index is -0.0308. The zero-order chi connectivity index (χ0) is 14.9. The van der Waals surface area contributed by atoms with Crippen molar-refractivity contribution in [2.24, 2.45) is 7.05 Å². The van der Waals surface area contributed by atoms with Gasteiger partial charge in [-0.15, -0.1) is 0 Å². The Labute approximate surface area is 119 Å². The van der Waals surface area contributed by atoms with E-state index in [0.717, 1.165) is 23.5 Å². The van der Waals surface area contributed by atoms with Crippen LogP contribution in [-0.4, -0.2) is 37.4 Å². The van der Waals surface area contributed by atoms with Gasteiger partial charge >= 0.3 is 0 Å². The molecule has 6 nitrogen and oxygen atoms in total. The predicted molar refractivity (Wildman–Crippen MR) is 76.4 cm³/mol. The number of hydrogen-bond acceptors (Lipinski definition) is 3. The number of amides is 1. The van der Waals surface area contributed by atoms with E-state index in [1.165, 1.54) is 0 Å². The van der Waals surface area contributed by atoms with E-state index in [1.807, 2.05) is 31.6 Å². The van der Waals surface area contributed by atoms with E-state index in [2.05, 4.69) is 10.2 Å². The summed E-state index contributed by atoms with van der Waals surface area (Å²) in [4.78, 5) is 14.1. The molecule has 0 aromatic carbocycles. The Morgan fingerprint density at radius 2 is 2.05 bits per heavy atom. The summed E-state index contributed by atoms with van der Waals surface area (Å²) in [5, 5.41) is 8.61. The van der Waals surface area contributed by atoms with Gasteiger partial charge in [-0.1, -0.05) is 0 Å². The first-order valence-electron chi connectivity index (χ1n) is 6.71. The van der Waals surface area contributed by atoms with Crippen molar-refractivity contribution < 1.29 is 4.79 Å². The smallest absolute Gasteiger partial charge is 0.272 e. The van der Waals surface area contributed by atoms with Gasteiger partial charge in [-0.05, 0) is 26.8 Å². The van der Waals surface area contributed by atoms with Crippen molar-refractivity contribution in [3.05, 3.63) is 34.9 Å². The number of hydrogen-bond donors (Lipinski definition) is 0. The van der Waals surface area contributed by atoms with Crippen molar-refractivity contribution in [1.29, 1.82) is 0 Å². The zero-order valence-electron chi connectivity index (χ0n) is 12.7. The Bertz CT molecular complexity index is 626. The molecule has 1 amide bonds. The van der Waals surface area contributed by atoms with Gasteiger partial charge in [0.05, 0.1) is 11.4 Å². The van der Waals surface area contributed by atoms with Crippen LogP contribution in [0.1, 0.15) is 34.4 Å². The fraction of sp³-hybridized carbons (Fsp3) is 0.500. The third-order valence-electron chi connectivity index (χ3n) is 3.35. The molecular weight excluding hydrogens is 254 g/mol. The van der Waals surface area contributed by atoms with Crippen molar-refractivity contribution >= 4 is 5.91 Å². The first-order chi connectivity index (χ1) is 9.42. The lowest BCUT2D eigenvalue weighted by Crippen LogP contribution is -2.28. The highest BCUT2D eigenvalue weighted by Crippen LogP contribution is 2.12. The number of aryl methyl sites for hydroxylation is 4. The summed E-state index contributed by atoms with van der Waals surface area (Å²) in [5.41, 5.74) is 3.49. The van der Waals surface area contributed by atoms with Crippen LogP contribution in [0, 0.1) is 13.8 Å². The van der Waals surface area contributed by atoms with E-state index < -0.39 is 0 Å². The van der Waals surface area contributed by atoms with E-state index in [1.54, 1.807) is 29.7 Å². The summed E-state index contributed by atoms with van der Waals surface area (Å²) in [6.07, 6.45) is 1.99. The van der Waals surface area contributed by atoms with Crippen LogP contribution < -0.4 is 0 Å². The highest BCUT2D eigenvalue weighted by molar-refractivity contribution is 5.92. The Kier molecular flexibility index (Phi) is 3.92. The summed E-state index contributed by atoms with van der Waals surface area (Å²) in [7, 11) is 3.59. The highest BCUT2D eigenvalue weighted by Gasteiger charge is 2.18. The SMILES string of the molecule is CCn1cc(CN(C)C(=O)c2cc(C)nn2C)c(C)n1. The molecule has 0 atom stereocenters. The standard InChI is InChI=1S/C14H21N5O/c1-6-19-9-12(11(3)16-19)8-17(4)14(20)13-7-10(2)15-18(13)5/h7,9H,6,8H2,1-5H3. The molecular formula is C14H21N5O. The monoisotopic (exact) mass is 275 g/mol. The highest BCUT2D eigenvalue weighted by atomic mass is 16.2. The Morgan fingerprint density at radius 1 is 1.35 bits per heavy atom. The lowest BCUT2D eigenvalue weighted by atomic mass is 10.2. The second kappa shape index (κ2) is 5.48. The summed E-state index contributed by atoms with van der Waals surface area (Å²) >= 11 is 0. The molecule has 0 unspecified atom stereocenters. The molecule has 6 heteroatoms. The molecule has 0 fully saturated rings. The maximum atomic E-state index is 12.4. The summed E-state index contributed by atoms with van der Waals surface area (Å²) in [6, 6.07) is 1.81. The third kappa shape index (κ3) is 2.74. The summed E-state index contributed by atoms with van der Waals surface area (Å²) in [6.45, 7) is 7.28. The molecule has 0 aliphatic rings. The molecule has 108 valence electrons. The molecule has 2 rings (SSSR count). The molecule has 2 aromatic heterocycles. The molecule has 0 spiro atoms. The van der Waals surface area contributed by atoms with Gasteiger partial charge in [-0.3, -0.25) is 14.2 Å². The van der Waals surface area contributed by atoms with Crippen LogP contribution in [0.3, 0.4) is 0 Å². The fourth-order valence-corrected chi connectivity index (χ4v) is 2.21. The average Bonchev–Trinajstić information content (AvgIpc) is 2.91. The van der Waals surface area contributed by atoms with Gasteiger partial charge in [-0.25, -0.2) is 0 Å². The van der Waals surface area contributed by atoms with Crippen molar-refractivity contribution in [1.82, 2.24) is 24.5 Å². The van der Waals surface area contributed by atoms with Crippen LogP contribution in [0.5, 0.6) is 0 Å². The molecule has 0 saturated carbocycles. The van der Waals surface area contributed by atoms with Gasteiger partial charge in [0.2, 0.25) is 0 Å². The van der Waals surface area contributed by atoms with Gasteiger partial charge in [0.25, 0.3) is 5.91 Å². The van der Waals surface area contributed by atoms with Crippen LogP contribution in [0.4, 0.5) is 0 Å². The number of carbonyl (C=O) groups excluding carboxylic acids is 1. The minimum Gasteiger partial charge on any atom is -0.336 e. The molecule has 2 aromatic rings. The summed E-state index contributed by atoms with van der Waals surface area (Å²) in [5.74, 6) is -0.0308. The summed E-state index contributed by atoms with van der Waals surface area (Å²) < 4.78 is 3.51. The van der Waals surface area contributed by atoms with E-state index >= 15 is 0 Å². The second-order valence-corrected chi connectivity index (χ2v) is 5.05. The zero-order valence-corrected chi connectivity index (χ0v) is 12.7. The Balaban J connectivity index is 2.15. The average molecular weight is 275 g/mol. The number of aromatic nitrogens is 4. The lowest BCUT2D eigenvalue weighted by Gasteiger charge is -2.16. The van der Waals surface area contributed by atoms with Gasteiger partial charge < -0.3 is 4.90 Å². The maximum absolute atomic E-state index is 12.4. The van der Waals surface area contributed by atoms with E-state index in [-0.39, 0.29) is 5.91 Å². The molecule has 0 aliphatic heterocycles. The van der Waals surface area contributed by atoms with Crippen molar-refractivity contribution in [2.45, 2.75) is 33.9 Å². The Hall–Kier alpha value is -2.11. The molecule has 2 heterocycles. The topological polar surface area (TPSA) is 56.0 Å². The number of carbonyl (C=O) groups is 1. The molecule has 0 N–H and O–H groups in total. The van der Waals surface area contributed by atoms with Gasteiger partial charge in [0, 0.05) is 38.9 Å². The molecule has 0 radical (unpaired) electrons. The Morgan fingerprint density at radius 3 is 2.55 bits per heavy atom. The van der Waals surface area contributed by atoms with E-state index in [9.17, 15) is 4.79 Å². The predicted octanol–water partition coefficient (Wildman–Crippen LogP) is 1.53. The lowest BCUT2D eigenvalue weighted by molar-refractivity contribution is 0.0774. The minimum absolute atomic E-state index is 0.0308. The first kappa shape index (κ1) is 14.3. The number of nitrogens with zero attached hydrogens (tertiary/aromatic N) is 5. The van der Waals surface area contributed by atoms with Crippen molar-refractivity contribution in [3.63, 3.8) is 0 Å². The van der Waals surface area contributed by atoms with Crippen LogP contribution in [0.15, 0.2) is 12.3 Å². The van der Waals surface area contributed by atoms with Gasteiger partial charge in [0.1, 0.15) is 5.69 Å². The molecule has 0 aliphatic carbocycles. The van der Waals surface area contributed by atoms with Crippen molar-refractivity contribution in [2.75, 3.05) is 7.05 Å². The van der Waals surface area contributed by atoms with Gasteiger partial charge in [0.15, 0.2) is 0 Å². The van der Waals surface area contributed by atoms with E-state index in [4.69, 9.17) is 0 Å². The second-order valence-electron chi connectivity index (χ2n) is 5.05.